The zero-order chi connectivity index (χ0) is 12.0. The second-order valence-electron chi connectivity index (χ2n) is 3.71. The third-order valence-electron chi connectivity index (χ3n) is 2.22. The van der Waals surface area contributed by atoms with Gasteiger partial charge in [-0.3, -0.25) is 4.99 Å². The van der Waals surface area contributed by atoms with E-state index in [-0.39, 0.29) is 24.0 Å². The van der Waals surface area contributed by atoms with Gasteiger partial charge in [0.2, 0.25) is 0 Å². The SMILES string of the molecule is CCNC(=NC)NCC(C)(O)c1cccs1.I. The summed E-state index contributed by atoms with van der Waals surface area (Å²) in [5.74, 6) is 0.708. The molecule has 1 atom stereocenters. The molecule has 0 aromatic carbocycles. The molecule has 0 saturated heterocycles. The Morgan fingerprint density at radius 3 is 2.71 bits per heavy atom. The summed E-state index contributed by atoms with van der Waals surface area (Å²) in [6, 6.07) is 3.87. The Bertz CT molecular complexity index is 338. The summed E-state index contributed by atoms with van der Waals surface area (Å²) >= 11 is 1.55. The first kappa shape index (κ1) is 16.7. The summed E-state index contributed by atoms with van der Waals surface area (Å²) in [5.41, 5.74) is -0.862. The van der Waals surface area contributed by atoms with Crippen molar-refractivity contribution in [1.82, 2.24) is 10.6 Å². The lowest BCUT2D eigenvalue weighted by Crippen LogP contribution is -2.44. The summed E-state index contributed by atoms with van der Waals surface area (Å²) in [6.45, 7) is 5.04. The van der Waals surface area contributed by atoms with E-state index < -0.39 is 5.60 Å². The molecule has 1 rings (SSSR count). The molecule has 0 aliphatic rings. The molecule has 0 aliphatic carbocycles. The van der Waals surface area contributed by atoms with Gasteiger partial charge < -0.3 is 15.7 Å². The average molecular weight is 369 g/mol. The van der Waals surface area contributed by atoms with Crippen molar-refractivity contribution in [3.05, 3.63) is 22.4 Å². The van der Waals surface area contributed by atoms with Crippen LogP contribution in [0.1, 0.15) is 18.7 Å². The average Bonchev–Trinajstić information content (AvgIpc) is 2.78. The molecule has 6 heteroatoms. The largest absolute Gasteiger partial charge is 0.383 e. The van der Waals surface area contributed by atoms with Crippen molar-refractivity contribution in [2.24, 2.45) is 4.99 Å². The molecule has 1 aromatic heterocycles. The molecule has 1 heterocycles. The highest BCUT2D eigenvalue weighted by Gasteiger charge is 2.24. The van der Waals surface area contributed by atoms with Gasteiger partial charge in [-0.15, -0.1) is 35.3 Å². The standard InChI is InChI=1S/C11H19N3OS.HI/c1-4-13-10(12-3)14-8-11(2,15)9-6-5-7-16-9;/h5-7,15H,4,8H2,1-3H3,(H2,12,13,14);1H. The summed E-state index contributed by atoms with van der Waals surface area (Å²) < 4.78 is 0. The smallest absolute Gasteiger partial charge is 0.191 e. The van der Waals surface area contributed by atoms with Crippen LogP contribution in [0.4, 0.5) is 0 Å². The molecule has 0 saturated carbocycles. The summed E-state index contributed by atoms with van der Waals surface area (Å²) in [5, 5.41) is 18.4. The van der Waals surface area contributed by atoms with Crippen LogP contribution in [0.5, 0.6) is 0 Å². The van der Waals surface area contributed by atoms with E-state index in [2.05, 4.69) is 15.6 Å². The first-order valence-corrected chi connectivity index (χ1v) is 6.19. The van der Waals surface area contributed by atoms with Crippen molar-refractivity contribution < 1.29 is 5.11 Å². The van der Waals surface area contributed by atoms with Gasteiger partial charge in [-0.05, 0) is 25.3 Å². The van der Waals surface area contributed by atoms with Gasteiger partial charge in [-0.1, -0.05) is 6.07 Å². The first-order chi connectivity index (χ1) is 7.60. The van der Waals surface area contributed by atoms with Gasteiger partial charge in [-0.2, -0.15) is 0 Å². The van der Waals surface area contributed by atoms with Gasteiger partial charge in [0.1, 0.15) is 5.60 Å². The van der Waals surface area contributed by atoms with Crippen molar-refractivity contribution in [3.8, 4) is 0 Å². The minimum absolute atomic E-state index is 0. The number of nitrogens with zero attached hydrogens (tertiary/aromatic N) is 1. The Labute approximate surface area is 124 Å². The fourth-order valence-electron chi connectivity index (χ4n) is 1.32. The van der Waals surface area contributed by atoms with E-state index in [0.717, 1.165) is 11.4 Å². The number of rotatable bonds is 4. The third-order valence-corrected chi connectivity index (χ3v) is 3.34. The van der Waals surface area contributed by atoms with E-state index in [9.17, 15) is 5.11 Å². The molecule has 1 aromatic rings. The van der Waals surface area contributed by atoms with Crippen LogP contribution in [0.15, 0.2) is 22.5 Å². The Hall–Kier alpha value is -0.340. The Balaban J connectivity index is 0.00000256. The first-order valence-electron chi connectivity index (χ1n) is 5.31. The molecule has 1 unspecified atom stereocenters. The molecule has 17 heavy (non-hydrogen) atoms. The van der Waals surface area contributed by atoms with Crippen LogP contribution in [0.2, 0.25) is 0 Å². The van der Waals surface area contributed by atoms with Crippen LogP contribution in [-0.4, -0.2) is 31.2 Å². The van der Waals surface area contributed by atoms with Gasteiger partial charge in [-0.25, -0.2) is 0 Å². The number of guanidine groups is 1. The summed E-state index contributed by atoms with van der Waals surface area (Å²) in [4.78, 5) is 5.00. The minimum Gasteiger partial charge on any atom is -0.383 e. The number of hydrogen-bond donors (Lipinski definition) is 3. The molecule has 0 spiro atoms. The van der Waals surface area contributed by atoms with Gasteiger partial charge in [0.05, 0.1) is 6.54 Å². The van der Waals surface area contributed by atoms with Crippen LogP contribution in [0.3, 0.4) is 0 Å². The fourth-order valence-corrected chi connectivity index (χ4v) is 2.10. The highest BCUT2D eigenvalue weighted by molar-refractivity contribution is 14.0. The minimum atomic E-state index is -0.862. The lowest BCUT2D eigenvalue weighted by molar-refractivity contribution is 0.0655. The highest BCUT2D eigenvalue weighted by atomic mass is 127. The highest BCUT2D eigenvalue weighted by Crippen LogP contribution is 2.24. The zero-order valence-corrected chi connectivity index (χ0v) is 13.5. The maximum absolute atomic E-state index is 10.3. The molecule has 3 N–H and O–H groups in total. The molecular formula is C11H20IN3OS. The zero-order valence-electron chi connectivity index (χ0n) is 10.4. The Morgan fingerprint density at radius 2 is 2.24 bits per heavy atom. The number of hydrogen-bond acceptors (Lipinski definition) is 3. The van der Waals surface area contributed by atoms with E-state index >= 15 is 0 Å². The predicted molar refractivity (Wildman–Crippen MR) is 84.3 cm³/mol. The normalized spacial score (nSPS) is 14.7. The van der Waals surface area contributed by atoms with Crippen molar-refractivity contribution in [3.63, 3.8) is 0 Å². The van der Waals surface area contributed by atoms with E-state index in [0.29, 0.717) is 12.5 Å². The topological polar surface area (TPSA) is 56.7 Å². The maximum atomic E-state index is 10.3. The van der Waals surface area contributed by atoms with E-state index in [1.165, 1.54) is 0 Å². The van der Waals surface area contributed by atoms with Crippen molar-refractivity contribution in [2.75, 3.05) is 20.1 Å². The number of nitrogens with one attached hydrogen (secondary N) is 2. The van der Waals surface area contributed by atoms with Gasteiger partial charge in [0, 0.05) is 18.5 Å². The van der Waals surface area contributed by atoms with Gasteiger partial charge >= 0.3 is 0 Å². The van der Waals surface area contributed by atoms with Crippen molar-refractivity contribution in [1.29, 1.82) is 0 Å². The second kappa shape index (κ2) is 7.88. The molecular weight excluding hydrogens is 349 g/mol. The fraction of sp³-hybridized carbons (Fsp3) is 0.545. The lowest BCUT2D eigenvalue weighted by Gasteiger charge is -2.23. The maximum Gasteiger partial charge on any atom is 0.191 e. The van der Waals surface area contributed by atoms with Crippen molar-refractivity contribution in [2.45, 2.75) is 19.4 Å². The van der Waals surface area contributed by atoms with Crippen molar-refractivity contribution >= 4 is 41.3 Å². The van der Waals surface area contributed by atoms with E-state index in [1.54, 1.807) is 25.3 Å². The van der Waals surface area contributed by atoms with Crippen LogP contribution in [0.25, 0.3) is 0 Å². The quantitative estimate of drug-likeness (QED) is 0.431. The molecule has 0 aliphatic heterocycles. The van der Waals surface area contributed by atoms with Gasteiger partial charge in [0.15, 0.2) is 5.96 Å². The number of aliphatic imine (C=N–C) groups is 1. The van der Waals surface area contributed by atoms with E-state index in [1.807, 2.05) is 24.4 Å². The van der Waals surface area contributed by atoms with Crippen LogP contribution in [0, 0.1) is 0 Å². The number of thiophene rings is 1. The number of halogens is 1. The Morgan fingerprint density at radius 1 is 1.53 bits per heavy atom. The van der Waals surface area contributed by atoms with Crippen LogP contribution >= 0.6 is 35.3 Å². The molecule has 0 amide bonds. The summed E-state index contributed by atoms with van der Waals surface area (Å²) in [6.07, 6.45) is 0. The molecule has 0 bridgehead atoms. The second-order valence-corrected chi connectivity index (χ2v) is 4.65. The van der Waals surface area contributed by atoms with Crippen LogP contribution in [-0.2, 0) is 5.60 Å². The van der Waals surface area contributed by atoms with E-state index in [4.69, 9.17) is 0 Å². The summed E-state index contributed by atoms with van der Waals surface area (Å²) in [7, 11) is 1.71. The molecule has 0 radical (unpaired) electrons. The molecule has 98 valence electrons. The monoisotopic (exact) mass is 369 g/mol. The lowest BCUT2D eigenvalue weighted by atomic mass is 10.1. The van der Waals surface area contributed by atoms with Crippen LogP contribution < -0.4 is 10.6 Å². The van der Waals surface area contributed by atoms with Gasteiger partial charge in [0.25, 0.3) is 0 Å². The Kier molecular flexibility index (Phi) is 7.73. The third kappa shape index (κ3) is 5.22. The number of aliphatic hydroxyl groups is 1. The predicted octanol–water partition coefficient (Wildman–Crippen LogP) is 1.76. The molecule has 4 nitrogen and oxygen atoms in total. The molecule has 0 fully saturated rings.